The zero-order valence-electron chi connectivity index (χ0n) is 19.6. The van der Waals surface area contributed by atoms with Crippen LogP contribution in [-0.4, -0.2) is 37.8 Å². The number of nitrogens with zero attached hydrogens (tertiary/aromatic N) is 5. The number of aryl methyl sites for hydroxylation is 2. The van der Waals surface area contributed by atoms with E-state index in [-0.39, 0.29) is 17.0 Å². The van der Waals surface area contributed by atoms with Crippen molar-refractivity contribution in [3.8, 4) is 11.3 Å². The summed E-state index contributed by atoms with van der Waals surface area (Å²) in [5.41, 5.74) is 5.81. The second-order valence-electron chi connectivity index (χ2n) is 9.17. The second kappa shape index (κ2) is 8.73. The minimum atomic E-state index is -0.421. The molecule has 2 aromatic carbocycles. The third kappa shape index (κ3) is 3.61. The molecule has 0 amide bonds. The largest absolute Gasteiger partial charge is 0.381 e. The molecule has 0 N–H and O–H groups in total. The molecule has 1 atom stereocenters. The van der Waals surface area contributed by atoms with Gasteiger partial charge in [0.2, 0.25) is 0 Å². The first kappa shape index (κ1) is 22.2. The predicted molar refractivity (Wildman–Crippen MR) is 135 cm³/mol. The number of ether oxygens (including phenoxy) is 1. The smallest absolute Gasteiger partial charge is 0.166 e. The van der Waals surface area contributed by atoms with Gasteiger partial charge in [0.1, 0.15) is 0 Å². The monoisotopic (exact) mass is 489 g/mol. The van der Waals surface area contributed by atoms with Crippen LogP contribution < -0.4 is 0 Å². The van der Waals surface area contributed by atoms with E-state index in [0.717, 1.165) is 51.8 Å². The molecule has 0 radical (unpaired) electrons. The molecule has 0 bridgehead atoms. The van der Waals surface area contributed by atoms with E-state index >= 15 is 4.39 Å². The van der Waals surface area contributed by atoms with E-state index in [1.54, 1.807) is 10.7 Å². The summed E-state index contributed by atoms with van der Waals surface area (Å²) in [4.78, 5) is 4.84. The van der Waals surface area contributed by atoms with E-state index in [9.17, 15) is 0 Å². The van der Waals surface area contributed by atoms with E-state index in [2.05, 4.69) is 33.1 Å². The maximum Gasteiger partial charge on any atom is 0.166 e. The van der Waals surface area contributed by atoms with Gasteiger partial charge in [0.25, 0.3) is 0 Å². The molecule has 6 rings (SSSR count). The third-order valence-electron chi connectivity index (χ3n) is 7.09. The Kier molecular flexibility index (Phi) is 5.54. The van der Waals surface area contributed by atoms with Gasteiger partial charge in [-0.25, -0.2) is 9.07 Å². The van der Waals surface area contributed by atoms with Crippen molar-refractivity contribution in [2.75, 3.05) is 13.2 Å². The standard InChI is InChI=1S/C27H25ClFN5O/c1-16-25(33(2)32-31-16)19-14-22-24(30-15-19)20-8-9-21(28)23(29)27(20)34(22)26(17-6-4-3-5-7-17)18-10-12-35-13-11-18/h3-9,14-15,18,26H,10-13H2,1-2H3. The maximum absolute atomic E-state index is 15.8. The van der Waals surface area contributed by atoms with E-state index in [1.807, 2.05) is 44.4 Å². The van der Waals surface area contributed by atoms with Crippen LogP contribution >= 0.6 is 11.6 Å². The zero-order chi connectivity index (χ0) is 24.1. The number of aromatic nitrogens is 5. The number of pyridine rings is 1. The Labute approximate surface area is 207 Å². The van der Waals surface area contributed by atoms with Crippen molar-refractivity contribution in [1.29, 1.82) is 0 Å². The molecule has 0 saturated carbocycles. The topological polar surface area (TPSA) is 57.8 Å². The summed E-state index contributed by atoms with van der Waals surface area (Å²) in [6.07, 6.45) is 3.60. The highest BCUT2D eigenvalue weighted by atomic mass is 35.5. The minimum Gasteiger partial charge on any atom is -0.381 e. The van der Waals surface area contributed by atoms with Crippen LogP contribution in [0.1, 0.15) is 30.1 Å². The molecule has 4 heterocycles. The lowest BCUT2D eigenvalue weighted by Crippen LogP contribution is -2.27. The molecule has 1 unspecified atom stereocenters. The molecule has 0 aliphatic carbocycles. The number of halogens is 2. The zero-order valence-corrected chi connectivity index (χ0v) is 20.3. The molecule has 6 nitrogen and oxygen atoms in total. The quantitative estimate of drug-likeness (QED) is 0.306. The first-order chi connectivity index (χ1) is 17.0. The molecule has 178 valence electrons. The van der Waals surface area contributed by atoms with Crippen LogP contribution in [0.25, 0.3) is 33.2 Å². The normalized spacial score (nSPS) is 15.8. The minimum absolute atomic E-state index is 0.101. The molecule has 0 spiro atoms. The van der Waals surface area contributed by atoms with Crippen molar-refractivity contribution in [3.63, 3.8) is 0 Å². The van der Waals surface area contributed by atoms with Crippen LogP contribution in [0.15, 0.2) is 54.7 Å². The first-order valence-electron chi connectivity index (χ1n) is 11.8. The summed E-state index contributed by atoms with van der Waals surface area (Å²) >= 11 is 6.33. The highest BCUT2D eigenvalue weighted by molar-refractivity contribution is 6.31. The van der Waals surface area contributed by atoms with Gasteiger partial charge in [0, 0.05) is 37.4 Å². The number of fused-ring (bicyclic) bond motifs is 3. The molecule has 1 aliphatic heterocycles. The molecule has 3 aromatic heterocycles. The van der Waals surface area contributed by atoms with Gasteiger partial charge in [0.05, 0.1) is 39.0 Å². The summed E-state index contributed by atoms with van der Waals surface area (Å²) < 4.78 is 25.4. The van der Waals surface area contributed by atoms with E-state index in [1.165, 1.54) is 0 Å². The predicted octanol–water partition coefficient (Wildman–Crippen LogP) is 6.10. The average molecular weight is 490 g/mol. The van der Waals surface area contributed by atoms with Crippen molar-refractivity contribution in [2.45, 2.75) is 25.8 Å². The lowest BCUT2D eigenvalue weighted by Gasteiger charge is -2.33. The van der Waals surface area contributed by atoms with Gasteiger partial charge >= 0.3 is 0 Å². The summed E-state index contributed by atoms with van der Waals surface area (Å²) in [6, 6.07) is 15.8. The highest BCUT2D eigenvalue weighted by Gasteiger charge is 2.31. The summed E-state index contributed by atoms with van der Waals surface area (Å²) in [7, 11) is 1.86. The first-order valence-corrected chi connectivity index (χ1v) is 12.2. The van der Waals surface area contributed by atoms with Crippen LogP contribution in [0.4, 0.5) is 4.39 Å². The van der Waals surface area contributed by atoms with Gasteiger partial charge in [-0.1, -0.05) is 47.1 Å². The van der Waals surface area contributed by atoms with E-state index in [0.29, 0.717) is 18.7 Å². The number of rotatable bonds is 4. The van der Waals surface area contributed by atoms with Crippen molar-refractivity contribution >= 4 is 33.5 Å². The summed E-state index contributed by atoms with van der Waals surface area (Å²) in [5.74, 6) is -0.151. The Bertz CT molecular complexity index is 1520. The lowest BCUT2D eigenvalue weighted by molar-refractivity contribution is 0.0552. The third-order valence-corrected chi connectivity index (χ3v) is 7.38. The lowest BCUT2D eigenvalue weighted by atomic mass is 9.86. The molecule has 35 heavy (non-hydrogen) atoms. The average Bonchev–Trinajstić information content (AvgIpc) is 3.39. The molecule has 1 saturated heterocycles. The summed E-state index contributed by atoms with van der Waals surface area (Å²) in [5, 5.41) is 9.22. The van der Waals surface area contributed by atoms with Crippen molar-refractivity contribution in [2.24, 2.45) is 13.0 Å². The molecular weight excluding hydrogens is 465 g/mol. The van der Waals surface area contributed by atoms with Gasteiger partial charge in [-0.15, -0.1) is 5.10 Å². The van der Waals surface area contributed by atoms with Crippen LogP contribution in [-0.2, 0) is 11.8 Å². The van der Waals surface area contributed by atoms with Crippen LogP contribution in [0.5, 0.6) is 0 Å². The Morgan fingerprint density at radius 3 is 2.60 bits per heavy atom. The van der Waals surface area contributed by atoms with Crippen LogP contribution in [0, 0.1) is 18.7 Å². The fraction of sp³-hybridized carbons (Fsp3) is 0.296. The molecule has 1 fully saturated rings. The van der Waals surface area contributed by atoms with Crippen LogP contribution in [0.2, 0.25) is 5.02 Å². The van der Waals surface area contributed by atoms with Gasteiger partial charge in [-0.05, 0) is 49.4 Å². The van der Waals surface area contributed by atoms with Gasteiger partial charge in [-0.2, -0.15) is 0 Å². The van der Waals surface area contributed by atoms with E-state index in [4.69, 9.17) is 21.3 Å². The molecule has 5 aromatic rings. The van der Waals surface area contributed by atoms with Crippen molar-refractivity contribution in [1.82, 2.24) is 24.5 Å². The van der Waals surface area contributed by atoms with Crippen LogP contribution in [0.3, 0.4) is 0 Å². The van der Waals surface area contributed by atoms with Gasteiger partial charge in [-0.3, -0.25) is 4.98 Å². The van der Waals surface area contributed by atoms with Gasteiger partial charge < -0.3 is 9.30 Å². The Hall–Kier alpha value is -3.29. The number of benzene rings is 2. The molecular formula is C27H25ClFN5O. The number of hydrogen-bond donors (Lipinski definition) is 0. The number of hydrogen-bond acceptors (Lipinski definition) is 4. The SMILES string of the molecule is Cc1nnn(C)c1-c1cnc2c3ccc(Cl)c(F)c3n(C(c3ccccc3)C3CCOCC3)c2c1. The Morgan fingerprint density at radius 2 is 1.89 bits per heavy atom. The Balaban J connectivity index is 1.71. The maximum atomic E-state index is 15.8. The summed E-state index contributed by atoms with van der Waals surface area (Å²) in [6.45, 7) is 3.31. The van der Waals surface area contributed by atoms with Gasteiger partial charge in [0.15, 0.2) is 5.82 Å². The fourth-order valence-corrected chi connectivity index (χ4v) is 5.67. The fourth-order valence-electron chi connectivity index (χ4n) is 5.52. The second-order valence-corrected chi connectivity index (χ2v) is 9.58. The Morgan fingerprint density at radius 1 is 1.11 bits per heavy atom. The van der Waals surface area contributed by atoms with E-state index < -0.39 is 5.82 Å². The molecule has 1 aliphatic rings. The van der Waals surface area contributed by atoms with Crippen molar-refractivity contribution < 1.29 is 9.13 Å². The van der Waals surface area contributed by atoms with Crippen molar-refractivity contribution in [3.05, 3.63) is 76.8 Å². The highest BCUT2D eigenvalue weighted by Crippen LogP contribution is 2.42. The molecule has 8 heteroatoms.